The van der Waals surface area contributed by atoms with Crippen LogP contribution in [0.4, 0.5) is 0 Å². The van der Waals surface area contributed by atoms with Crippen molar-refractivity contribution in [1.29, 1.82) is 0 Å². The second-order valence-corrected chi connectivity index (χ2v) is 5.39. The Labute approximate surface area is 108 Å². The second kappa shape index (κ2) is 6.52. The Balaban J connectivity index is 2.29. The third kappa shape index (κ3) is 5.80. The van der Waals surface area contributed by atoms with E-state index in [1.165, 1.54) is 0 Å². The van der Waals surface area contributed by atoms with Crippen molar-refractivity contribution >= 4 is 5.97 Å². The highest BCUT2D eigenvalue weighted by Gasteiger charge is 2.23. The molecule has 18 heavy (non-hydrogen) atoms. The maximum absolute atomic E-state index is 11.5. The van der Waals surface area contributed by atoms with Gasteiger partial charge in [-0.15, -0.1) is 0 Å². The van der Waals surface area contributed by atoms with Crippen LogP contribution in [-0.4, -0.2) is 56.0 Å². The van der Waals surface area contributed by atoms with Crippen LogP contribution in [0.5, 0.6) is 0 Å². The van der Waals surface area contributed by atoms with Crippen LogP contribution in [0.1, 0.15) is 5.56 Å². The van der Waals surface area contributed by atoms with Crippen molar-refractivity contribution in [3.05, 3.63) is 35.9 Å². The summed E-state index contributed by atoms with van der Waals surface area (Å²) < 4.78 is 5.58. The number of likely N-dealkylation sites (N-methyl/N-ethyl adjacent to an activating group) is 1. The topological polar surface area (TPSA) is 46.5 Å². The van der Waals surface area contributed by atoms with Crippen LogP contribution in [0.3, 0.4) is 0 Å². The summed E-state index contributed by atoms with van der Waals surface area (Å²) in [5.41, 5.74) is 1.12. The SMILES string of the molecule is C[N+](C)(C)CC(O)C(=O)OCCc1ccccc1. The molecule has 1 unspecified atom stereocenters. The summed E-state index contributed by atoms with van der Waals surface area (Å²) in [7, 11) is 5.75. The summed E-state index contributed by atoms with van der Waals surface area (Å²) in [6, 6.07) is 9.80. The fraction of sp³-hybridized carbons (Fsp3) is 0.500. The molecule has 0 radical (unpaired) electrons. The lowest BCUT2D eigenvalue weighted by Gasteiger charge is -2.25. The number of hydrogen-bond acceptors (Lipinski definition) is 3. The number of carbonyl (C=O) groups is 1. The summed E-state index contributed by atoms with van der Waals surface area (Å²) in [6.07, 6.45) is -0.385. The molecule has 0 saturated carbocycles. The number of benzene rings is 1. The molecular formula is C14H22NO3+. The molecule has 4 nitrogen and oxygen atoms in total. The van der Waals surface area contributed by atoms with Crippen LogP contribution in [0.15, 0.2) is 30.3 Å². The van der Waals surface area contributed by atoms with Crippen molar-refractivity contribution in [1.82, 2.24) is 0 Å². The standard InChI is InChI=1S/C14H22NO3/c1-15(2,3)11-13(16)14(17)18-10-9-12-7-5-4-6-8-12/h4-8,13,16H,9-11H2,1-3H3/q+1. The molecule has 0 fully saturated rings. The van der Waals surface area contributed by atoms with Gasteiger partial charge >= 0.3 is 5.97 Å². The minimum Gasteiger partial charge on any atom is -0.463 e. The highest BCUT2D eigenvalue weighted by atomic mass is 16.5. The first kappa shape index (κ1) is 14.7. The monoisotopic (exact) mass is 252 g/mol. The average molecular weight is 252 g/mol. The highest BCUT2D eigenvalue weighted by Crippen LogP contribution is 2.01. The normalized spacial score (nSPS) is 13.1. The smallest absolute Gasteiger partial charge is 0.340 e. The molecule has 1 rings (SSSR count). The molecule has 0 saturated heterocycles. The molecule has 1 aromatic carbocycles. The van der Waals surface area contributed by atoms with E-state index in [1.54, 1.807) is 0 Å². The number of carbonyl (C=O) groups excluding carboxylic acids is 1. The van der Waals surface area contributed by atoms with Crippen molar-refractivity contribution < 1.29 is 19.1 Å². The summed E-state index contributed by atoms with van der Waals surface area (Å²) in [4.78, 5) is 11.5. The molecule has 0 aliphatic heterocycles. The van der Waals surface area contributed by atoms with Crippen LogP contribution in [0.25, 0.3) is 0 Å². The zero-order chi connectivity index (χ0) is 13.6. The number of ether oxygens (including phenoxy) is 1. The van der Waals surface area contributed by atoms with Gasteiger partial charge in [0.15, 0.2) is 0 Å². The second-order valence-electron chi connectivity index (χ2n) is 5.39. The summed E-state index contributed by atoms with van der Waals surface area (Å²) in [5.74, 6) is -0.543. The van der Waals surface area contributed by atoms with Crippen molar-refractivity contribution in [2.75, 3.05) is 34.3 Å². The number of rotatable bonds is 6. The maximum atomic E-state index is 11.5. The lowest BCUT2D eigenvalue weighted by Crippen LogP contribution is -2.45. The van der Waals surface area contributed by atoms with Crippen LogP contribution in [-0.2, 0) is 16.0 Å². The van der Waals surface area contributed by atoms with E-state index in [0.717, 1.165) is 5.56 Å². The van der Waals surface area contributed by atoms with E-state index >= 15 is 0 Å². The maximum Gasteiger partial charge on any atom is 0.340 e. The number of hydrogen-bond donors (Lipinski definition) is 1. The van der Waals surface area contributed by atoms with Gasteiger partial charge in [-0.25, -0.2) is 4.79 Å². The fourth-order valence-corrected chi connectivity index (χ4v) is 1.60. The Morgan fingerprint density at radius 2 is 1.89 bits per heavy atom. The first-order valence-electron chi connectivity index (χ1n) is 6.07. The van der Waals surface area contributed by atoms with Crippen LogP contribution < -0.4 is 0 Å². The lowest BCUT2D eigenvalue weighted by atomic mass is 10.2. The third-order valence-corrected chi connectivity index (χ3v) is 2.47. The Bertz CT molecular complexity index is 370. The molecule has 0 aliphatic carbocycles. The van der Waals surface area contributed by atoms with Gasteiger partial charge in [-0.3, -0.25) is 0 Å². The van der Waals surface area contributed by atoms with Crippen LogP contribution in [0, 0.1) is 0 Å². The minimum absolute atomic E-state index is 0.303. The van der Waals surface area contributed by atoms with Crippen molar-refractivity contribution in [3.63, 3.8) is 0 Å². The Morgan fingerprint density at radius 1 is 1.28 bits per heavy atom. The molecular weight excluding hydrogens is 230 g/mol. The van der Waals surface area contributed by atoms with E-state index in [1.807, 2.05) is 51.5 Å². The fourth-order valence-electron chi connectivity index (χ4n) is 1.60. The Hall–Kier alpha value is -1.39. The molecule has 0 amide bonds. The van der Waals surface area contributed by atoms with E-state index in [-0.39, 0.29) is 0 Å². The molecule has 0 aliphatic rings. The van der Waals surface area contributed by atoms with E-state index < -0.39 is 12.1 Å². The number of aliphatic hydroxyl groups is 1. The van der Waals surface area contributed by atoms with Gasteiger partial charge in [0.1, 0.15) is 6.54 Å². The zero-order valence-corrected chi connectivity index (χ0v) is 11.3. The van der Waals surface area contributed by atoms with Crippen LogP contribution in [0.2, 0.25) is 0 Å². The van der Waals surface area contributed by atoms with Gasteiger partial charge in [0.2, 0.25) is 6.10 Å². The molecule has 0 heterocycles. The van der Waals surface area contributed by atoms with Crippen molar-refractivity contribution in [2.45, 2.75) is 12.5 Å². The molecule has 0 spiro atoms. The summed E-state index contributed by atoms with van der Waals surface area (Å²) in [6.45, 7) is 0.654. The van der Waals surface area contributed by atoms with Gasteiger partial charge in [0.25, 0.3) is 0 Å². The van der Waals surface area contributed by atoms with E-state index in [9.17, 15) is 9.90 Å². The number of esters is 1. The minimum atomic E-state index is -1.05. The average Bonchev–Trinajstić information content (AvgIpc) is 2.28. The van der Waals surface area contributed by atoms with E-state index in [2.05, 4.69) is 0 Å². The number of aliphatic hydroxyl groups excluding tert-OH is 1. The predicted molar refractivity (Wildman–Crippen MR) is 70.0 cm³/mol. The molecule has 1 atom stereocenters. The van der Waals surface area contributed by atoms with Crippen LogP contribution >= 0.6 is 0 Å². The van der Waals surface area contributed by atoms with Gasteiger partial charge < -0.3 is 14.3 Å². The van der Waals surface area contributed by atoms with E-state index in [0.29, 0.717) is 24.1 Å². The molecule has 0 bridgehead atoms. The zero-order valence-electron chi connectivity index (χ0n) is 11.3. The van der Waals surface area contributed by atoms with Gasteiger partial charge in [-0.05, 0) is 5.56 Å². The van der Waals surface area contributed by atoms with Crippen molar-refractivity contribution in [2.24, 2.45) is 0 Å². The predicted octanol–water partition coefficient (Wildman–Crippen LogP) is 0.839. The van der Waals surface area contributed by atoms with Gasteiger partial charge in [-0.1, -0.05) is 30.3 Å². The Morgan fingerprint density at radius 3 is 2.44 bits per heavy atom. The largest absolute Gasteiger partial charge is 0.463 e. The third-order valence-electron chi connectivity index (χ3n) is 2.47. The van der Waals surface area contributed by atoms with Gasteiger partial charge in [-0.2, -0.15) is 0 Å². The molecule has 0 aromatic heterocycles. The molecule has 100 valence electrons. The summed E-state index contributed by atoms with van der Waals surface area (Å²) >= 11 is 0. The highest BCUT2D eigenvalue weighted by molar-refractivity contribution is 5.74. The summed E-state index contributed by atoms with van der Waals surface area (Å²) in [5, 5.41) is 9.66. The quantitative estimate of drug-likeness (QED) is 0.603. The lowest BCUT2D eigenvalue weighted by molar-refractivity contribution is -0.872. The van der Waals surface area contributed by atoms with Gasteiger partial charge in [0.05, 0.1) is 27.7 Å². The first-order valence-corrected chi connectivity index (χ1v) is 6.07. The number of quaternary nitrogens is 1. The molecule has 1 N–H and O–H groups in total. The first-order chi connectivity index (χ1) is 8.38. The molecule has 1 aromatic rings. The number of nitrogens with zero attached hydrogens (tertiary/aromatic N) is 1. The molecule has 4 heteroatoms. The van der Waals surface area contributed by atoms with Crippen molar-refractivity contribution in [3.8, 4) is 0 Å². The van der Waals surface area contributed by atoms with E-state index in [4.69, 9.17) is 4.74 Å². The van der Waals surface area contributed by atoms with Gasteiger partial charge in [0, 0.05) is 6.42 Å². The Kier molecular flexibility index (Phi) is 5.31.